The number of thioether (sulfide) groups is 1. The summed E-state index contributed by atoms with van der Waals surface area (Å²) in [6.07, 6.45) is 5.38. The molecule has 19 heavy (non-hydrogen) atoms. The molecule has 1 aromatic heterocycles. The van der Waals surface area contributed by atoms with Gasteiger partial charge in [0.25, 0.3) is 0 Å². The Kier molecular flexibility index (Phi) is 4.03. The maximum absolute atomic E-state index is 12.0. The van der Waals surface area contributed by atoms with Crippen molar-refractivity contribution in [3.8, 4) is 0 Å². The predicted octanol–water partition coefficient (Wildman–Crippen LogP) is 1.72. The first-order valence-corrected chi connectivity index (χ1v) is 7.87. The molecule has 3 rings (SSSR count). The van der Waals surface area contributed by atoms with E-state index >= 15 is 0 Å². The van der Waals surface area contributed by atoms with Gasteiger partial charge in [-0.05, 0) is 38.0 Å². The number of carbonyl (C=O) groups is 1. The highest BCUT2D eigenvalue weighted by molar-refractivity contribution is 8.00. The van der Waals surface area contributed by atoms with E-state index in [1.807, 2.05) is 0 Å². The molecule has 2 aliphatic heterocycles. The molecule has 0 aromatic carbocycles. The van der Waals surface area contributed by atoms with E-state index in [1.165, 1.54) is 6.42 Å². The summed E-state index contributed by atoms with van der Waals surface area (Å²) in [6.45, 7) is 0.980. The summed E-state index contributed by atoms with van der Waals surface area (Å²) in [6, 6.07) is 0.363. The standard InChI is InChI=1S/C12H18N4O2S/c17-10(9-5-1-2-7-19-9)14-12-16-15-11(18-12)8-4-3-6-13-8/h8-9,13H,1-7H2,(H,14,16,17). The van der Waals surface area contributed by atoms with Crippen LogP contribution in [0.2, 0.25) is 0 Å². The van der Waals surface area contributed by atoms with Crippen LogP contribution in [0.15, 0.2) is 4.42 Å². The lowest BCUT2D eigenvalue weighted by Crippen LogP contribution is -2.27. The van der Waals surface area contributed by atoms with Crippen molar-refractivity contribution in [2.45, 2.75) is 43.4 Å². The molecule has 1 aromatic rings. The molecule has 2 saturated heterocycles. The van der Waals surface area contributed by atoms with Gasteiger partial charge in [-0.1, -0.05) is 11.5 Å². The highest BCUT2D eigenvalue weighted by atomic mass is 32.2. The lowest BCUT2D eigenvalue weighted by Gasteiger charge is -2.19. The van der Waals surface area contributed by atoms with Gasteiger partial charge in [-0.3, -0.25) is 10.1 Å². The van der Waals surface area contributed by atoms with Gasteiger partial charge in [0.2, 0.25) is 11.8 Å². The second kappa shape index (κ2) is 5.92. The number of anilines is 1. The second-order valence-electron chi connectivity index (χ2n) is 4.94. The van der Waals surface area contributed by atoms with Crippen LogP contribution in [-0.2, 0) is 4.79 Å². The quantitative estimate of drug-likeness (QED) is 0.878. The van der Waals surface area contributed by atoms with E-state index in [0.29, 0.717) is 5.89 Å². The first kappa shape index (κ1) is 12.9. The SMILES string of the molecule is O=C(Nc1nnc(C2CCCN2)o1)C1CCCCS1. The Morgan fingerprint density at radius 3 is 3.00 bits per heavy atom. The maximum Gasteiger partial charge on any atom is 0.322 e. The van der Waals surface area contributed by atoms with Crippen LogP contribution in [0.25, 0.3) is 0 Å². The van der Waals surface area contributed by atoms with E-state index in [4.69, 9.17) is 4.42 Å². The summed E-state index contributed by atoms with van der Waals surface area (Å²) in [4.78, 5) is 12.0. The summed E-state index contributed by atoms with van der Waals surface area (Å²) in [5.41, 5.74) is 0. The Labute approximate surface area is 116 Å². The van der Waals surface area contributed by atoms with Gasteiger partial charge in [0.15, 0.2) is 0 Å². The fourth-order valence-electron chi connectivity index (χ4n) is 2.45. The average Bonchev–Trinajstić information content (AvgIpc) is 3.10. The van der Waals surface area contributed by atoms with Crippen LogP contribution in [0.1, 0.15) is 44.0 Å². The molecule has 0 aliphatic carbocycles. The van der Waals surface area contributed by atoms with Gasteiger partial charge in [0.05, 0.1) is 11.3 Å². The Bertz CT molecular complexity index is 439. The lowest BCUT2D eigenvalue weighted by atomic mass is 10.2. The minimum absolute atomic E-state index is 0.0146. The Hall–Kier alpha value is -1.08. The number of aromatic nitrogens is 2. The molecule has 2 unspecified atom stereocenters. The van der Waals surface area contributed by atoms with Crippen molar-refractivity contribution in [3.05, 3.63) is 5.89 Å². The van der Waals surface area contributed by atoms with Crippen molar-refractivity contribution in [1.29, 1.82) is 0 Å². The molecule has 2 atom stereocenters. The first-order chi connectivity index (χ1) is 9.33. The van der Waals surface area contributed by atoms with Crippen LogP contribution in [0.3, 0.4) is 0 Å². The Balaban J connectivity index is 1.58. The van der Waals surface area contributed by atoms with Crippen molar-refractivity contribution in [3.63, 3.8) is 0 Å². The van der Waals surface area contributed by atoms with Crippen molar-refractivity contribution in [2.24, 2.45) is 0 Å². The summed E-state index contributed by atoms with van der Waals surface area (Å²) in [7, 11) is 0. The highest BCUT2D eigenvalue weighted by Crippen LogP contribution is 2.27. The molecule has 0 spiro atoms. The zero-order valence-electron chi connectivity index (χ0n) is 10.7. The van der Waals surface area contributed by atoms with E-state index in [2.05, 4.69) is 20.8 Å². The normalized spacial score (nSPS) is 27.4. The Morgan fingerprint density at radius 1 is 1.32 bits per heavy atom. The van der Waals surface area contributed by atoms with Crippen molar-refractivity contribution < 1.29 is 9.21 Å². The fraction of sp³-hybridized carbons (Fsp3) is 0.750. The largest absolute Gasteiger partial charge is 0.406 e. The van der Waals surface area contributed by atoms with E-state index in [-0.39, 0.29) is 23.2 Å². The van der Waals surface area contributed by atoms with E-state index in [1.54, 1.807) is 11.8 Å². The summed E-state index contributed by atoms with van der Waals surface area (Å²) in [5, 5.41) is 13.9. The first-order valence-electron chi connectivity index (χ1n) is 6.82. The van der Waals surface area contributed by atoms with Gasteiger partial charge >= 0.3 is 6.01 Å². The summed E-state index contributed by atoms with van der Waals surface area (Å²) < 4.78 is 5.50. The topological polar surface area (TPSA) is 80.0 Å². The minimum Gasteiger partial charge on any atom is -0.406 e. The molecule has 0 bridgehead atoms. The smallest absolute Gasteiger partial charge is 0.322 e. The molecular weight excluding hydrogens is 264 g/mol. The predicted molar refractivity (Wildman–Crippen MR) is 73.0 cm³/mol. The summed E-state index contributed by atoms with van der Waals surface area (Å²) in [5.74, 6) is 1.61. The molecule has 0 radical (unpaired) electrons. The highest BCUT2D eigenvalue weighted by Gasteiger charge is 2.25. The molecule has 1 amide bonds. The zero-order chi connectivity index (χ0) is 13.1. The van der Waals surface area contributed by atoms with E-state index < -0.39 is 0 Å². The van der Waals surface area contributed by atoms with Crippen molar-refractivity contribution >= 4 is 23.7 Å². The van der Waals surface area contributed by atoms with Gasteiger partial charge < -0.3 is 9.73 Å². The lowest BCUT2D eigenvalue weighted by molar-refractivity contribution is -0.116. The van der Waals surface area contributed by atoms with Crippen LogP contribution in [-0.4, -0.2) is 33.7 Å². The molecule has 7 heteroatoms. The number of hydrogen-bond acceptors (Lipinski definition) is 6. The van der Waals surface area contributed by atoms with Crippen molar-refractivity contribution in [2.75, 3.05) is 17.6 Å². The molecule has 6 nitrogen and oxygen atoms in total. The molecular formula is C12H18N4O2S. The number of carbonyl (C=O) groups excluding carboxylic acids is 1. The second-order valence-corrected chi connectivity index (χ2v) is 6.25. The summed E-state index contributed by atoms with van der Waals surface area (Å²) >= 11 is 1.71. The van der Waals surface area contributed by atoms with Gasteiger partial charge in [-0.2, -0.15) is 0 Å². The van der Waals surface area contributed by atoms with E-state index in [9.17, 15) is 4.79 Å². The van der Waals surface area contributed by atoms with Crippen LogP contribution < -0.4 is 10.6 Å². The van der Waals surface area contributed by atoms with Gasteiger partial charge in [-0.25, -0.2) is 0 Å². The van der Waals surface area contributed by atoms with E-state index in [0.717, 1.165) is 38.0 Å². The number of amides is 1. The van der Waals surface area contributed by atoms with Crippen LogP contribution in [0.4, 0.5) is 6.01 Å². The molecule has 2 N–H and O–H groups in total. The van der Waals surface area contributed by atoms with Gasteiger partial charge in [-0.15, -0.1) is 16.9 Å². The van der Waals surface area contributed by atoms with Gasteiger partial charge in [0, 0.05) is 0 Å². The third-order valence-electron chi connectivity index (χ3n) is 3.50. The zero-order valence-corrected chi connectivity index (χ0v) is 11.5. The third-order valence-corrected chi connectivity index (χ3v) is 4.88. The van der Waals surface area contributed by atoms with Crippen LogP contribution in [0, 0.1) is 0 Å². The van der Waals surface area contributed by atoms with Gasteiger partial charge in [0.1, 0.15) is 0 Å². The number of rotatable bonds is 3. The molecule has 2 aliphatic rings. The molecule has 0 saturated carbocycles. The maximum atomic E-state index is 12.0. The van der Waals surface area contributed by atoms with Crippen LogP contribution >= 0.6 is 11.8 Å². The minimum atomic E-state index is -0.0146. The molecule has 104 valence electrons. The van der Waals surface area contributed by atoms with Crippen molar-refractivity contribution in [1.82, 2.24) is 15.5 Å². The Morgan fingerprint density at radius 2 is 2.26 bits per heavy atom. The average molecular weight is 282 g/mol. The molecule has 3 heterocycles. The third kappa shape index (κ3) is 3.09. The number of nitrogens with one attached hydrogen (secondary N) is 2. The fourth-order valence-corrected chi connectivity index (χ4v) is 3.65. The monoisotopic (exact) mass is 282 g/mol. The van der Waals surface area contributed by atoms with Crippen LogP contribution in [0.5, 0.6) is 0 Å². The number of hydrogen-bond donors (Lipinski definition) is 2. The number of nitrogens with zero attached hydrogens (tertiary/aromatic N) is 2. The molecule has 2 fully saturated rings.